The van der Waals surface area contributed by atoms with Crippen LogP contribution in [-0.2, 0) is 14.3 Å². The van der Waals surface area contributed by atoms with Gasteiger partial charge in [0.15, 0.2) is 19.5 Å². The van der Waals surface area contributed by atoms with Crippen LogP contribution in [0.3, 0.4) is 0 Å². The number of rotatable bonds is 8. The van der Waals surface area contributed by atoms with E-state index in [0.717, 1.165) is 18.4 Å². The Kier molecular flexibility index (Phi) is 7.37. The number of ether oxygens (including phenoxy) is 2. The zero-order chi connectivity index (χ0) is 22.2. The molecule has 1 aliphatic heterocycles. The van der Waals surface area contributed by atoms with Crippen LogP contribution in [0, 0.1) is 6.92 Å². The minimum absolute atomic E-state index is 0.101. The fourth-order valence-electron chi connectivity index (χ4n) is 3.21. The number of hydrogen-bond acceptors (Lipinski definition) is 6. The third kappa shape index (κ3) is 5.91. The molecule has 0 aromatic heterocycles. The molecule has 31 heavy (non-hydrogen) atoms. The Labute approximate surface area is 180 Å². The van der Waals surface area contributed by atoms with E-state index in [1.165, 1.54) is 18.2 Å². The van der Waals surface area contributed by atoms with Crippen LogP contribution in [0.4, 0.5) is 5.69 Å². The Morgan fingerprint density at radius 3 is 2.52 bits per heavy atom. The van der Waals surface area contributed by atoms with Gasteiger partial charge in [0.25, 0.3) is 11.8 Å². The quantitative estimate of drug-likeness (QED) is 0.516. The summed E-state index contributed by atoms with van der Waals surface area (Å²) in [5.41, 5.74) is 1.81. The Balaban J connectivity index is 1.55. The standard InChI is InChI=1S/C23H24N2O6/c1-16-6-2-3-7-19(16)24-21(27)14-30-20-9-8-17(12-18(20)13-26)23(29)31-15-22(28)25-10-4-5-11-25/h2-3,6-9,12-13H,4-5,10-11,14-15H2,1H3,(H,24,27). The predicted molar refractivity (Wildman–Crippen MR) is 113 cm³/mol. The average molecular weight is 424 g/mol. The van der Waals surface area contributed by atoms with E-state index < -0.39 is 5.97 Å². The Bertz CT molecular complexity index is 982. The number of likely N-dealkylation sites (tertiary alicyclic amines) is 1. The van der Waals surface area contributed by atoms with Gasteiger partial charge in [-0.3, -0.25) is 14.4 Å². The Morgan fingerprint density at radius 2 is 1.81 bits per heavy atom. The number of amides is 2. The zero-order valence-electron chi connectivity index (χ0n) is 17.3. The van der Waals surface area contributed by atoms with E-state index >= 15 is 0 Å². The Morgan fingerprint density at radius 1 is 1.06 bits per heavy atom. The highest BCUT2D eigenvalue weighted by Gasteiger charge is 2.20. The van der Waals surface area contributed by atoms with Gasteiger partial charge in [-0.2, -0.15) is 0 Å². The van der Waals surface area contributed by atoms with Gasteiger partial charge in [0.2, 0.25) is 0 Å². The molecule has 2 amide bonds. The summed E-state index contributed by atoms with van der Waals surface area (Å²) in [6, 6.07) is 11.5. The first-order chi connectivity index (χ1) is 15.0. The minimum atomic E-state index is -0.709. The molecule has 0 atom stereocenters. The molecule has 0 aliphatic carbocycles. The molecule has 0 saturated carbocycles. The van der Waals surface area contributed by atoms with Gasteiger partial charge in [-0.1, -0.05) is 18.2 Å². The van der Waals surface area contributed by atoms with Gasteiger partial charge in [0, 0.05) is 18.8 Å². The molecule has 8 nitrogen and oxygen atoms in total. The van der Waals surface area contributed by atoms with Crippen molar-refractivity contribution in [2.24, 2.45) is 0 Å². The molecule has 1 N–H and O–H groups in total. The zero-order valence-corrected chi connectivity index (χ0v) is 17.3. The van der Waals surface area contributed by atoms with Crippen molar-refractivity contribution in [2.75, 3.05) is 31.6 Å². The van der Waals surface area contributed by atoms with Gasteiger partial charge < -0.3 is 19.7 Å². The number of aryl methyl sites for hydroxylation is 1. The maximum Gasteiger partial charge on any atom is 0.338 e. The smallest absolute Gasteiger partial charge is 0.338 e. The van der Waals surface area contributed by atoms with Gasteiger partial charge in [-0.05, 0) is 49.6 Å². The number of hydrogen-bond donors (Lipinski definition) is 1. The maximum atomic E-state index is 12.2. The summed E-state index contributed by atoms with van der Waals surface area (Å²) < 4.78 is 10.5. The molecule has 1 saturated heterocycles. The molecule has 162 valence electrons. The van der Waals surface area contributed by atoms with Crippen LogP contribution in [0.15, 0.2) is 42.5 Å². The molecule has 1 aliphatic rings. The fraction of sp³-hybridized carbons (Fsp3) is 0.304. The van der Waals surface area contributed by atoms with Crippen LogP contribution in [0.2, 0.25) is 0 Å². The van der Waals surface area contributed by atoms with Crippen molar-refractivity contribution in [1.29, 1.82) is 0 Å². The molecule has 0 bridgehead atoms. The van der Waals surface area contributed by atoms with E-state index in [2.05, 4.69) is 5.32 Å². The number of carbonyl (C=O) groups is 4. The average Bonchev–Trinajstić information content (AvgIpc) is 3.32. The minimum Gasteiger partial charge on any atom is -0.483 e. The van der Waals surface area contributed by atoms with Crippen LogP contribution in [0.1, 0.15) is 39.1 Å². The van der Waals surface area contributed by atoms with Crippen LogP contribution < -0.4 is 10.1 Å². The Hall–Kier alpha value is -3.68. The maximum absolute atomic E-state index is 12.2. The third-order valence-corrected chi connectivity index (χ3v) is 4.94. The normalized spacial score (nSPS) is 12.9. The topological polar surface area (TPSA) is 102 Å². The van der Waals surface area contributed by atoms with Crippen molar-refractivity contribution < 1.29 is 28.7 Å². The number of benzene rings is 2. The first kappa shape index (κ1) is 22.0. The van der Waals surface area contributed by atoms with Crippen molar-refractivity contribution in [1.82, 2.24) is 4.90 Å². The number of para-hydroxylation sites is 1. The summed E-state index contributed by atoms with van der Waals surface area (Å²) in [5.74, 6) is -1.16. The van der Waals surface area contributed by atoms with E-state index in [0.29, 0.717) is 25.1 Å². The van der Waals surface area contributed by atoms with Crippen molar-refractivity contribution >= 4 is 29.8 Å². The summed E-state index contributed by atoms with van der Waals surface area (Å²) in [6.45, 7) is 2.58. The number of nitrogens with one attached hydrogen (secondary N) is 1. The van der Waals surface area contributed by atoms with Crippen molar-refractivity contribution in [2.45, 2.75) is 19.8 Å². The molecule has 2 aromatic rings. The molecular formula is C23H24N2O6. The van der Waals surface area contributed by atoms with Gasteiger partial charge in [-0.25, -0.2) is 4.79 Å². The number of aldehydes is 1. The van der Waals surface area contributed by atoms with Crippen molar-refractivity contribution in [3.05, 3.63) is 59.2 Å². The van der Waals surface area contributed by atoms with Gasteiger partial charge >= 0.3 is 5.97 Å². The van der Waals surface area contributed by atoms with Crippen molar-refractivity contribution in [3.63, 3.8) is 0 Å². The second-order valence-corrected chi connectivity index (χ2v) is 7.19. The SMILES string of the molecule is Cc1ccccc1NC(=O)COc1ccc(C(=O)OCC(=O)N2CCCC2)cc1C=O. The van der Waals surface area contributed by atoms with Gasteiger partial charge in [0.05, 0.1) is 11.1 Å². The first-order valence-corrected chi connectivity index (χ1v) is 10.0. The molecule has 0 radical (unpaired) electrons. The summed E-state index contributed by atoms with van der Waals surface area (Å²) >= 11 is 0. The molecule has 1 heterocycles. The predicted octanol–water partition coefficient (Wildman–Crippen LogP) is 2.60. The molecule has 0 spiro atoms. The van der Waals surface area contributed by atoms with Crippen molar-refractivity contribution in [3.8, 4) is 5.75 Å². The molecule has 1 fully saturated rings. The lowest BCUT2D eigenvalue weighted by atomic mass is 10.1. The highest BCUT2D eigenvalue weighted by Crippen LogP contribution is 2.20. The molecule has 8 heteroatoms. The van der Waals surface area contributed by atoms with Gasteiger partial charge in [-0.15, -0.1) is 0 Å². The van der Waals surface area contributed by atoms with Gasteiger partial charge in [0.1, 0.15) is 5.75 Å². The van der Waals surface area contributed by atoms with Crippen LogP contribution in [-0.4, -0.2) is 55.3 Å². The second kappa shape index (κ2) is 10.4. The summed E-state index contributed by atoms with van der Waals surface area (Å²) in [7, 11) is 0. The molecule has 0 unspecified atom stereocenters. The number of anilines is 1. The number of nitrogens with zero attached hydrogens (tertiary/aromatic N) is 1. The van der Waals surface area contributed by atoms with Crippen LogP contribution >= 0.6 is 0 Å². The second-order valence-electron chi connectivity index (χ2n) is 7.19. The lowest BCUT2D eigenvalue weighted by molar-refractivity contribution is -0.133. The lowest BCUT2D eigenvalue weighted by Crippen LogP contribution is -2.32. The summed E-state index contributed by atoms with van der Waals surface area (Å²) in [4.78, 5) is 49.4. The van der Waals surface area contributed by atoms with Crippen LogP contribution in [0.5, 0.6) is 5.75 Å². The monoisotopic (exact) mass is 424 g/mol. The number of esters is 1. The first-order valence-electron chi connectivity index (χ1n) is 10.0. The highest BCUT2D eigenvalue weighted by molar-refractivity contribution is 5.95. The summed E-state index contributed by atoms with van der Waals surface area (Å²) in [6.07, 6.45) is 2.43. The van der Waals surface area contributed by atoms with E-state index in [9.17, 15) is 19.2 Å². The largest absolute Gasteiger partial charge is 0.483 e. The molecule has 2 aromatic carbocycles. The summed E-state index contributed by atoms with van der Waals surface area (Å²) in [5, 5.41) is 2.74. The van der Waals surface area contributed by atoms with Crippen LogP contribution in [0.25, 0.3) is 0 Å². The van der Waals surface area contributed by atoms with E-state index in [1.54, 1.807) is 11.0 Å². The van der Waals surface area contributed by atoms with E-state index in [-0.39, 0.29) is 41.9 Å². The fourth-order valence-corrected chi connectivity index (χ4v) is 3.21. The van der Waals surface area contributed by atoms with E-state index in [1.807, 2.05) is 25.1 Å². The number of carbonyl (C=O) groups excluding carboxylic acids is 4. The lowest BCUT2D eigenvalue weighted by Gasteiger charge is -2.15. The third-order valence-electron chi connectivity index (χ3n) is 4.94. The molecular weight excluding hydrogens is 400 g/mol. The van der Waals surface area contributed by atoms with E-state index in [4.69, 9.17) is 9.47 Å². The molecule has 3 rings (SSSR count). The highest BCUT2D eigenvalue weighted by atomic mass is 16.5.